The highest BCUT2D eigenvalue weighted by molar-refractivity contribution is 5.41. The molecule has 1 saturated carbocycles. The average molecular weight is 207 g/mol. The average Bonchev–Trinajstić information content (AvgIpc) is 2.74. The number of benzene rings is 1. The van der Waals surface area contributed by atoms with E-state index in [1.54, 1.807) is 0 Å². The lowest BCUT2D eigenvalue weighted by Gasteiger charge is -2.10. The van der Waals surface area contributed by atoms with Crippen LogP contribution in [0.15, 0.2) is 12.1 Å². The molecule has 15 heavy (non-hydrogen) atoms. The smallest absolute Gasteiger partial charge is 0.130 e. The first-order valence-electron chi connectivity index (χ1n) is 5.39. The topological polar surface area (TPSA) is 35.2 Å². The summed E-state index contributed by atoms with van der Waals surface area (Å²) in [5, 5.41) is 0. The van der Waals surface area contributed by atoms with Crippen molar-refractivity contribution in [1.82, 2.24) is 0 Å². The molecule has 2 nitrogen and oxygen atoms in total. The van der Waals surface area contributed by atoms with Crippen molar-refractivity contribution in [2.45, 2.75) is 31.2 Å². The summed E-state index contributed by atoms with van der Waals surface area (Å²) in [6.45, 7) is 0.673. The highest BCUT2D eigenvalue weighted by Crippen LogP contribution is 2.37. The maximum Gasteiger partial charge on any atom is 0.130 e. The minimum Gasteiger partial charge on any atom is -0.493 e. The Morgan fingerprint density at radius 3 is 2.93 bits per heavy atom. The van der Waals surface area contributed by atoms with E-state index in [-0.39, 0.29) is 11.4 Å². The van der Waals surface area contributed by atoms with Gasteiger partial charge in [0.25, 0.3) is 0 Å². The Kier molecular flexibility index (Phi) is 1.80. The van der Waals surface area contributed by atoms with Crippen molar-refractivity contribution in [3.05, 3.63) is 29.1 Å². The standard InChI is InChI=1S/C12H14FNO/c13-10-6-11-8(1-4-15-11)5-9(10)7-12(14)2-3-12/h5-6H,1-4,7,14H2. The summed E-state index contributed by atoms with van der Waals surface area (Å²) in [5.41, 5.74) is 7.73. The van der Waals surface area contributed by atoms with Gasteiger partial charge >= 0.3 is 0 Å². The van der Waals surface area contributed by atoms with E-state index in [1.807, 2.05) is 6.07 Å². The van der Waals surface area contributed by atoms with E-state index in [0.29, 0.717) is 18.8 Å². The summed E-state index contributed by atoms with van der Waals surface area (Å²) in [6.07, 6.45) is 3.58. The molecule has 0 atom stereocenters. The first-order chi connectivity index (χ1) is 7.16. The predicted octanol–water partition coefficient (Wildman–Crippen LogP) is 1.79. The van der Waals surface area contributed by atoms with Crippen LogP contribution in [0.1, 0.15) is 24.0 Å². The van der Waals surface area contributed by atoms with Gasteiger partial charge in [-0.1, -0.05) is 0 Å². The summed E-state index contributed by atoms with van der Waals surface area (Å²) in [4.78, 5) is 0. The zero-order valence-corrected chi connectivity index (χ0v) is 8.55. The molecular formula is C12H14FNO. The molecule has 2 N–H and O–H groups in total. The Labute approximate surface area is 88.2 Å². The van der Waals surface area contributed by atoms with Gasteiger partial charge in [0, 0.05) is 18.0 Å². The van der Waals surface area contributed by atoms with Crippen molar-refractivity contribution in [2.24, 2.45) is 5.73 Å². The molecule has 1 fully saturated rings. The number of ether oxygens (including phenoxy) is 1. The number of hydrogen-bond donors (Lipinski definition) is 1. The zero-order valence-electron chi connectivity index (χ0n) is 8.55. The number of rotatable bonds is 2. The fraction of sp³-hybridized carbons (Fsp3) is 0.500. The second kappa shape index (κ2) is 2.95. The number of fused-ring (bicyclic) bond motifs is 1. The van der Waals surface area contributed by atoms with Crippen molar-refractivity contribution in [3.63, 3.8) is 0 Å². The minimum atomic E-state index is -0.174. The fourth-order valence-corrected chi connectivity index (χ4v) is 2.10. The van der Waals surface area contributed by atoms with Gasteiger partial charge in [-0.25, -0.2) is 4.39 Å². The molecular weight excluding hydrogens is 193 g/mol. The first kappa shape index (κ1) is 9.16. The maximum atomic E-state index is 13.7. The molecule has 3 heteroatoms. The van der Waals surface area contributed by atoms with Gasteiger partial charge in [-0.05, 0) is 36.5 Å². The molecule has 0 saturated heterocycles. The molecule has 1 aliphatic carbocycles. The van der Waals surface area contributed by atoms with E-state index in [9.17, 15) is 4.39 Å². The molecule has 1 aromatic rings. The van der Waals surface area contributed by atoms with Gasteiger partial charge < -0.3 is 10.5 Å². The molecule has 1 aromatic carbocycles. The van der Waals surface area contributed by atoms with Crippen molar-refractivity contribution in [3.8, 4) is 5.75 Å². The quantitative estimate of drug-likeness (QED) is 0.802. The van der Waals surface area contributed by atoms with Gasteiger partial charge in [0.2, 0.25) is 0 Å². The summed E-state index contributed by atoms with van der Waals surface area (Å²) >= 11 is 0. The molecule has 80 valence electrons. The SMILES string of the molecule is NC1(Cc2cc3c(cc2F)OCC3)CC1. The Hall–Kier alpha value is -1.09. The molecule has 0 unspecified atom stereocenters. The van der Waals surface area contributed by atoms with Gasteiger partial charge in [-0.2, -0.15) is 0 Å². The monoisotopic (exact) mass is 207 g/mol. The molecule has 0 amide bonds. The van der Waals surface area contributed by atoms with Gasteiger partial charge in [-0.3, -0.25) is 0 Å². The summed E-state index contributed by atoms with van der Waals surface area (Å²) in [7, 11) is 0. The van der Waals surface area contributed by atoms with E-state index in [1.165, 1.54) is 6.07 Å². The molecule has 1 heterocycles. The maximum absolute atomic E-state index is 13.7. The highest BCUT2D eigenvalue weighted by Gasteiger charge is 2.38. The third kappa shape index (κ3) is 1.61. The summed E-state index contributed by atoms with van der Waals surface area (Å²) < 4.78 is 19.0. The lowest BCUT2D eigenvalue weighted by Crippen LogP contribution is -2.25. The van der Waals surface area contributed by atoms with E-state index in [2.05, 4.69) is 0 Å². The minimum absolute atomic E-state index is 0.130. The molecule has 1 aliphatic heterocycles. The van der Waals surface area contributed by atoms with Gasteiger partial charge in [-0.15, -0.1) is 0 Å². The van der Waals surface area contributed by atoms with Crippen LogP contribution in [-0.4, -0.2) is 12.1 Å². The van der Waals surface area contributed by atoms with Crippen LogP contribution in [-0.2, 0) is 12.8 Å². The Morgan fingerprint density at radius 2 is 2.20 bits per heavy atom. The number of hydrogen-bond acceptors (Lipinski definition) is 2. The first-order valence-corrected chi connectivity index (χ1v) is 5.39. The molecule has 0 bridgehead atoms. The van der Waals surface area contributed by atoms with Crippen LogP contribution in [0.25, 0.3) is 0 Å². The molecule has 3 rings (SSSR count). The second-order valence-corrected chi connectivity index (χ2v) is 4.69. The van der Waals surface area contributed by atoms with Crippen molar-refractivity contribution < 1.29 is 9.13 Å². The van der Waals surface area contributed by atoms with E-state index in [0.717, 1.165) is 30.4 Å². The Morgan fingerprint density at radius 1 is 1.40 bits per heavy atom. The highest BCUT2D eigenvalue weighted by atomic mass is 19.1. The molecule has 0 radical (unpaired) electrons. The Bertz CT molecular complexity index is 412. The van der Waals surface area contributed by atoms with Crippen LogP contribution in [0, 0.1) is 5.82 Å². The van der Waals surface area contributed by atoms with E-state index < -0.39 is 0 Å². The third-order valence-corrected chi connectivity index (χ3v) is 3.29. The van der Waals surface area contributed by atoms with Crippen molar-refractivity contribution in [1.29, 1.82) is 0 Å². The second-order valence-electron chi connectivity index (χ2n) is 4.69. The van der Waals surface area contributed by atoms with Crippen molar-refractivity contribution >= 4 is 0 Å². The Balaban J connectivity index is 1.94. The van der Waals surface area contributed by atoms with Crippen LogP contribution < -0.4 is 10.5 Å². The van der Waals surface area contributed by atoms with Crippen LogP contribution >= 0.6 is 0 Å². The number of nitrogens with two attached hydrogens (primary N) is 1. The largest absolute Gasteiger partial charge is 0.493 e. The van der Waals surface area contributed by atoms with Gasteiger partial charge in [0.05, 0.1) is 6.61 Å². The van der Waals surface area contributed by atoms with Gasteiger partial charge in [0.1, 0.15) is 11.6 Å². The van der Waals surface area contributed by atoms with Crippen LogP contribution in [0.3, 0.4) is 0 Å². The normalized spacial score (nSPS) is 20.9. The van der Waals surface area contributed by atoms with Gasteiger partial charge in [0.15, 0.2) is 0 Å². The van der Waals surface area contributed by atoms with Crippen molar-refractivity contribution in [2.75, 3.05) is 6.61 Å². The van der Waals surface area contributed by atoms with Crippen LogP contribution in [0.4, 0.5) is 4.39 Å². The zero-order chi connectivity index (χ0) is 10.5. The lowest BCUT2D eigenvalue weighted by atomic mass is 10.0. The molecule has 0 aromatic heterocycles. The molecule has 2 aliphatic rings. The number of halogens is 1. The van der Waals surface area contributed by atoms with Crippen LogP contribution in [0.5, 0.6) is 5.75 Å². The third-order valence-electron chi connectivity index (χ3n) is 3.29. The predicted molar refractivity (Wildman–Crippen MR) is 55.5 cm³/mol. The lowest BCUT2D eigenvalue weighted by molar-refractivity contribution is 0.355. The molecule has 0 spiro atoms. The van der Waals surface area contributed by atoms with E-state index in [4.69, 9.17) is 10.5 Å². The fourth-order valence-electron chi connectivity index (χ4n) is 2.10. The van der Waals surface area contributed by atoms with E-state index >= 15 is 0 Å². The summed E-state index contributed by atoms with van der Waals surface area (Å²) in [5.74, 6) is 0.533. The summed E-state index contributed by atoms with van der Waals surface area (Å²) in [6, 6.07) is 3.42. The van der Waals surface area contributed by atoms with Crippen LogP contribution in [0.2, 0.25) is 0 Å².